The number of unbranched alkanes of at least 4 members (excludes halogenated alkanes) is 1. The van der Waals surface area contributed by atoms with Crippen molar-refractivity contribution in [3.05, 3.63) is 59.7 Å². The molecule has 2 aromatic rings. The number of carbonyl (C=O) groups excluding carboxylic acids is 1. The highest BCUT2D eigenvalue weighted by atomic mass is 32.2. The van der Waals surface area contributed by atoms with Gasteiger partial charge in [-0.05, 0) is 61.4 Å². The quantitative estimate of drug-likeness (QED) is 0.737. The molecule has 1 amide bonds. The molecule has 0 unspecified atom stereocenters. The fourth-order valence-corrected chi connectivity index (χ4v) is 4.46. The second-order valence-electron chi connectivity index (χ2n) is 7.02. The van der Waals surface area contributed by atoms with E-state index in [-0.39, 0.29) is 5.91 Å². The normalized spacial score (nSPS) is 13.9. The molecule has 0 saturated carbocycles. The smallest absolute Gasteiger partial charge is 0.232 e. The van der Waals surface area contributed by atoms with Crippen molar-refractivity contribution in [1.82, 2.24) is 0 Å². The van der Waals surface area contributed by atoms with Crippen molar-refractivity contribution in [1.29, 1.82) is 0 Å². The van der Waals surface area contributed by atoms with Crippen molar-refractivity contribution in [2.45, 2.75) is 38.5 Å². The predicted molar refractivity (Wildman–Crippen MR) is 110 cm³/mol. The number of aryl methyl sites for hydroxylation is 2. The summed E-state index contributed by atoms with van der Waals surface area (Å²) in [4.78, 5) is 12.2. The molecule has 3 rings (SSSR count). The fourth-order valence-electron chi connectivity index (χ4n) is 3.47. The van der Waals surface area contributed by atoms with Crippen LogP contribution in [0.2, 0.25) is 0 Å². The lowest BCUT2D eigenvalue weighted by Gasteiger charge is -2.29. The first-order chi connectivity index (χ1) is 12.9. The third-order valence-electron chi connectivity index (χ3n) is 4.80. The number of rotatable bonds is 7. The van der Waals surface area contributed by atoms with E-state index in [0.29, 0.717) is 13.0 Å². The number of amides is 1. The van der Waals surface area contributed by atoms with Gasteiger partial charge < -0.3 is 5.32 Å². The maximum Gasteiger partial charge on any atom is 0.232 e. The first-order valence-corrected chi connectivity index (χ1v) is 11.2. The van der Waals surface area contributed by atoms with E-state index >= 15 is 0 Å². The minimum atomic E-state index is -3.27. The summed E-state index contributed by atoms with van der Waals surface area (Å²) < 4.78 is 25.3. The summed E-state index contributed by atoms with van der Waals surface area (Å²) in [6.45, 7) is 0.513. The number of hydrogen-bond acceptors (Lipinski definition) is 3. The summed E-state index contributed by atoms with van der Waals surface area (Å²) >= 11 is 0. The van der Waals surface area contributed by atoms with Gasteiger partial charge in [0.25, 0.3) is 0 Å². The maximum absolute atomic E-state index is 12.2. The lowest BCUT2D eigenvalue weighted by atomic mass is 10.0. The van der Waals surface area contributed by atoms with Crippen molar-refractivity contribution < 1.29 is 13.2 Å². The molecule has 0 saturated heterocycles. The van der Waals surface area contributed by atoms with Gasteiger partial charge in [0.1, 0.15) is 0 Å². The zero-order chi connectivity index (χ0) is 19.3. The van der Waals surface area contributed by atoms with E-state index in [1.165, 1.54) is 16.1 Å². The molecule has 0 aromatic heterocycles. The van der Waals surface area contributed by atoms with E-state index in [1.807, 2.05) is 24.3 Å². The molecule has 2 aromatic carbocycles. The second kappa shape index (κ2) is 8.57. The third-order valence-corrected chi connectivity index (χ3v) is 5.98. The SMILES string of the molecule is CS(=O)(=O)N1CCCc2cc(NC(=O)CCCCc3ccccc3)ccc21. The summed E-state index contributed by atoms with van der Waals surface area (Å²) in [7, 11) is -3.27. The molecule has 0 fully saturated rings. The Morgan fingerprint density at radius 3 is 2.63 bits per heavy atom. The summed E-state index contributed by atoms with van der Waals surface area (Å²) in [6, 6.07) is 15.7. The topological polar surface area (TPSA) is 66.5 Å². The van der Waals surface area contributed by atoms with E-state index < -0.39 is 10.0 Å². The van der Waals surface area contributed by atoms with Crippen LogP contribution in [0, 0.1) is 0 Å². The molecule has 27 heavy (non-hydrogen) atoms. The average Bonchev–Trinajstić information content (AvgIpc) is 2.64. The van der Waals surface area contributed by atoms with Gasteiger partial charge in [-0.2, -0.15) is 0 Å². The van der Waals surface area contributed by atoms with Crippen LogP contribution in [0.3, 0.4) is 0 Å². The molecule has 5 nitrogen and oxygen atoms in total. The van der Waals surface area contributed by atoms with Gasteiger partial charge in [-0.25, -0.2) is 8.42 Å². The summed E-state index contributed by atoms with van der Waals surface area (Å²) in [6.07, 6.45) is 6.12. The van der Waals surface area contributed by atoms with Gasteiger partial charge in [0, 0.05) is 18.7 Å². The van der Waals surface area contributed by atoms with Crippen LogP contribution in [0.15, 0.2) is 48.5 Å². The number of anilines is 2. The number of sulfonamides is 1. The van der Waals surface area contributed by atoms with Gasteiger partial charge in [0.05, 0.1) is 11.9 Å². The molecule has 6 heteroatoms. The molecule has 0 bridgehead atoms. The number of benzene rings is 2. The van der Waals surface area contributed by atoms with Crippen LogP contribution in [0.4, 0.5) is 11.4 Å². The highest BCUT2D eigenvalue weighted by Gasteiger charge is 2.24. The van der Waals surface area contributed by atoms with Crippen molar-refractivity contribution in [3.63, 3.8) is 0 Å². The minimum absolute atomic E-state index is 0.00112. The number of fused-ring (bicyclic) bond motifs is 1. The van der Waals surface area contributed by atoms with Crippen molar-refractivity contribution in [2.75, 3.05) is 22.4 Å². The van der Waals surface area contributed by atoms with Crippen molar-refractivity contribution in [3.8, 4) is 0 Å². The fraction of sp³-hybridized carbons (Fsp3) is 0.381. The predicted octanol–water partition coefficient (Wildman–Crippen LogP) is 3.75. The highest BCUT2D eigenvalue weighted by Crippen LogP contribution is 2.31. The first kappa shape index (κ1) is 19.4. The Balaban J connectivity index is 1.53. The average molecular weight is 387 g/mol. The molecule has 1 aliphatic heterocycles. The Kier molecular flexibility index (Phi) is 6.16. The Morgan fingerprint density at radius 2 is 1.89 bits per heavy atom. The van der Waals surface area contributed by atoms with Crippen LogP contribution in [0.5, 0.6) is 0 Å². The zero-order valence-corrected chi connectivity index (χ0v) is 16.5. The molecule has 1 aliphatic rings. The summed E-state index contributed by atoms with van der Waals surface area (Å²) in [5.41, 5.74) is 3.72. The molecular weight excluding hydrogens is 360 g/mol. The zero-order valence-electron chi connectivity index (χ0n) is 15.6. The lowest BCUT2D eigenvalue weighted by Crippen LogP contribution is -2.34. The van der Waals surface area contributed by atoms with Crippen LogP contribution >= 0.6 is 0 Å². The van der Waals surface area contributed by atoms with Crippen LogP contribution in [0.1, 0.15) is 36.8 Å². The number of hydrogen-bond donors (Lipinski definition) is 1. The first-order valence-electron chi connectivity index (χ1n) is 9.38. The summed E-state index contributed by atoms with van der Waals surface area (Å²) in [5.74, 6) is -0.00112. The number of carbonyl (C=O) groups is 1. The van der Waals surface area contributed by atoms with E-state index in [2.05, 4.69) is 17.4 Å². The van der Waals surface area contributed by atoms with Gasteiger partial charge >= 0.3 is 0 Å². The maximum atomic E-state index is 12.2. The van der Waals surface area contributed by atoms with Crippen LogP contribution < -0.4 is 9.62 Å². The van der Waals surface area contributed by atoms with Gasteiger partial charge in [-0.1, -0.05) is 30.3 Å². The van der Waals surface area contributed by atoms with E-state index in [9.17, 15) is 13.2 Å². The molecular formula is C21H26N2O3S. The third kappa shape index (κ3) is 5.32. The monoisotopic (exact) mass is 386 g/mol. The van der Waals surface area contributed by atoms with Crippen molar-refractivity contribution >= 4 is 27.3 Å². The number of nitrogens with one attached hydrogen (secondary N) is 1. The standard InChI is InChI=1S/C21H26N2O3S/c1-27(25,26)23-15-7-11-18-16-19(13-14-20(18)23)22-21(24)12-6-5-10-17-8-3-2-4-9-17/h2-4,8-9,13-14,16H,5-7,10-12,15H2,1H3,(H,22,24). The highest BCUT2D eigenvalue weighted by molar-refractivity contribution is 7.92. The molecule has 144 valence electrons. The summed E-state index contributed by atoms with van der Waals surface area (Å²) in [5, 5.41) is 2.94. The largest absolute Gasteiger partial charge is 0.326 e. The molecule has 0 spiro atoms. The molecule has 1 heterocycles. The van der Waals surface area contributed by atoms with E-state index in [0.717, 1.165) is 49.0 Å². The van der Waals surface area contributed by atoms with Crippen molar-refractivity contribution in [2.24, 2.45) is 0 Å². The lowest BCUT2D eigenvalue weighted by molar-refractivity contribution is -0.116. The second-order valence-corrected chi connectivity index (χ2v) is 8.93. The van der Waals surface area contributed by atoms with Gasteiger partial charge in [0.2, 0.25) is 15.9 Å². The van der Waals surface area contributed by atoms with E-state index in [1.54, 1.807) is 12.1 Å². The molecule has 1 N–H and O–H groups in total. The van der Waals surface area contributed by atoms with Gasteiger partial charge in [-0.15, -0.1) is 0 Å². The Labute approximate surface area is 161 Å². The Hall–Kier alpha value is -2.34. The van der Waals surface area contributed by atoms with Gasteiger partial charge in [-0.3, -0.25) is 9.10 Å². The van der Waals surface area contributed by atoms with Crippen LogP contribution in [-0.2, 0) is 27.7 Å². The minimum Gasteiger partial charge on any atom is -0.326 e. The number of nitrogens with zero attached hydrogens (tertiary/aromatic N) is 1. The molecule has 0 atom stereocenters. The Morgan fingerprint density at radius 1 is 1.11 bits per heavy atom. The van der Waals surface area contributed by atoms with Gasteiger partial charge in [0.15, 0.2) is 0 Å². The Bertz CT molecular complexity index is 895. The van der Waals surface area contributed by atoms with Crippen LogP contribution in [-0.4, -0.2) is 27.1 Å². The van der Waals surface area contributed by atoms with Crippen LogP contribution in [0.25, 0.3) is 0 Å². The molecule has 0 aliphatic carbocycles. The molecule has 0 radical (unpaired) electrons. The van der Waals surface area contributed by atoms with E-state index in [4.69, 9.17) is 0 Å².